The summed E-state index contributed by atoms with van der Waals surface area (Å²) in [4.78, 5) is 21.1. The minimum atomic E-state index is -0.412. The van der Waals surface area contributed by atoms with E-state index in [2.05, 4.69) is 10.6 Å². The number of hydrogen-bond donors (Lipinski definition) is 3. The van der Waals surface area contributed by atoms with E-state index in [0.29, 0.717) is 6.54 Å². The summed E-state index contributed by atoms with van der Waals surface area (Å²) in [5, 5.41) is 13.2. The molecule has 72 valence electrons. The Hall–Kier alpha value is -1.61. The highest BCUT2D eigenvalue weighted by atomic mass is 16.2. The Balaban J connectivity index is 3.28. The number of hydrogen-bond acceptors (Lipinski definition) is 4. The average Bonchev–Trinajstić information content (AvgIpc) is 2.08. The molecule has 4 N–H and O–H groups in total. The summed E-state index contributed by atoms with van der Waals surface area (Å²) in [6, 6.07) is 1.77. The quantitative estimate of drug-likeness (QED) is 0.330. The van der Waals surface area contributed by atoms with Crippen molar-refractivity contribution in [2.45, 2.75) is 6.42 Å². The van der Waals surface area contributed by atoms with Crippen LogP contribution >= 0.6 is 0 Å². The van der Waals surface area contributed by atoms with Crippen LogP contribution in [-0.2, 0) is 9.59 Å². The predicted molar refractivity (Wildman–Crippen MR) is 45.3 cm³/mol. The van der Waals surface area contributed by atoms with Gasteiger partial charge in [0.15, 0.2) is 0 Å². The molecule has 13 heavy (non-hydrogen) atoms. The van der Waals surface area contributed by atoms with Crippen LogP contribution in [0, 0.1) is 11.3 Å². The molecule has 0 saturated heterocycles. The van der Waals surface area contributed by atoms with Gasteiger partial charge >= 0.3 is 0 Å². The molecule has 0 saturated carbocycles. The second-order valence-electron chi connectivity index (χ2n) is 2.33. The van der Waals surface area contributed by atoms with Crippen LogP contribution in [0.25, 0.3) is 0 Å². The molecule has 6 heteroatoms. The fraction of sp³-hybridized carbons (Fsp3) is 0.571. The highest BCUT2D eigenvalue weighted by molar-refractivity contribution is 5.78. The van der Waals surface area contributed by atoms with Gasteiger partial charge in [-0.15, -0.1) is 0 Å². The van der Waals surface area contributed by atoms with Crippen molar-refractivity contribution in [3.8, 4) is 6.07 Å². The largest absolute Gasteiger partial charge is 0.370 e. The molecule has 0 aliphatic heterocycles. The summed E-state index contributed by atoms with van der Waals surface area (Å²) in [5.74, 6) is -0.684. The number of amides is 2. The molecule has 0 heterocycles. The number of nitrogens with two attached hydrogens (primary N) is 1. The smallest absolute Gasteiger partial charge is 0.234 e. The van der Waals surface area contributed by atoms with Crippen molar-refractivity contribution >= 4 is 11.8 Å². The lowest BCUT2D eigenvalue weighted by Gasteiger charge is -2.01. The first-order valence-electron chi connectivity index (χ1n) is 3.79. The van der Waals surface area contributed by atoms with Gasteiger partial charge in [0, 0.05) is 13.0 Å². The van der Waals surface area contributed by atoms with Crippen molar-refractivity contribution in [3.63, 3.8) is 0 Å². The van der Waals surface area contributed by atoms with Crippen molar-refractivity contribution in [1.29, 1.82) is 5.26 Å². The molecular formula is C7H12N4O2. The third-order valence-corrected chi connectivity index (χ3v) is 1.20. The number of nitrogens with zero attached hydrogens (tertiary/aromatic N) is 1. The molecule has 0 aliphatic rings. The Kier molecular flexibility index (Phi) is 6.19. The maximum absolute atomic E-state index is 10.8. The first kappa shape index (κ1) is 11.4. The number of carbonyl (C=O) groups is 2. The lowest BCUT2D eigenvalue weighted by Crippen LogP contribution is -2.35. The van der Waals surface area contributed by atoms with E-state index >= 15 is 0 Å². The molecule has 0 spiro atoms. The van der Waals surface area contributed by atoms with Crippen LogP contribution in [0.4, 0.5) is 0 Å². The van der Waals surface area contributed by atoms with Crippen molar-refractivity contribution in [3.05, 3.63) is 0 Å². The zero-order valence-corrected chi connectivity index (χ0v) is 7.17. The average molecular weight is 184 g/mol. The van der Waals surface area contributed by atoms with Crippen molar-refractivity contribution < 1.29 is 9.59 Å². The van der Waals surface area contributed by atoms with Gasteiger partial charge < -0.3 is 16.4 Å². The Morgan fingerprint density at radius 1 is 1.46 bits per heavy atom. The monoisotopic (exact) mass is 184 g/mol. The van der Waals surface area contributed by atoms with Gasteiger partial charge in [-0.05, 0) is 0 Å². The second kappa shape index (κ2) is 7.06. The summed E-state index contributed by atoms with van der Waals surface area (Å²) < 4.78 is 0. The molecule has 0 aromatic carbocycles. The van der Waals surface area contributed by atoms with Crippen LogP contribution in [0.15, 0.2) is 0 Å². The minimum absolute atomic E-state index is 0.00364. The topological polar surface area (TPSA) is 108 Å². The van der Waals surface area contributed by atoms with E-state index in [1.807, 2.05) is 0 Å². The molecule has 0 rings (SSSR count). The van der Waals surface area contributed by atoms with Gasteiger partial charge in [0.2, 0.25) is 11.8 Å². The molecule has 0 aromatic rings. The van der Waals surface area contributed by atoms with E-state index < -0.39 is 5.91 Å². The van der Waals surface area contributed by atoms with Crippen molar-refractivity contribution in [1.82, 2.24) is 10.6 Å². The SMILES string of the molecule is N#CCNC(=O)CNCCC(N)=O. The van der Waals surface area contributed by atoms with Crippen LogP contribution < -0.4 is 16.4 Å². The molecule has 6 nitrogen and oxygen atoms in total. The zero-order chi connectivity index (χ0) is 10.1. The summed E-state index contributed by atoms with van der Waals surface area (Å²) in [6.07, 6.45) is 0.200. The lowest BCUT2D eigenvalue weighted by molar-refractivity contribution is -0.121. The van der Waals surface area contributed by atoms with E-state index in [0.717, 1.165) is 0 Å². The van der Waals surface area contributed by atoms with Crippen LogP contribution in [0.2, 0.25) is 0 Å². The van der Waals surface area contributed by atoms with Crippen LogP contribution in [0.5, 0.6) is 0 Å². The lowest BCUT2D eigenvalue weighted by atomic mass is 10.4. The van der Waals surface area contributed by atoms with E-state index in [1.165, 1.54) is 0 Å². The molecule has 2 amide bonds. The summed E-state index contributed by atoms with van der Waals surface area (Å²) in [7, 11) is 0. The standard InChI is InChI=1S/C7H12N4O2/c8-2-4-11-7(13)5-10-3-1-6(9)12/h10H,1,3-5H2,(H2,9,12)(H,11,13). The van der Waals surface area contributed by atoms with Gasteiger partial charge in [-0.3, -0.25) is 9.59 Å². The van der Waals surface area contributed by atoms with Crippen molar-refractivity contribution in [2.75, 3.05) is 19.6 Å². The molecular weight excluding hydrogens is 172 g/mol. The molecule has 0 fully saturated rings. The molecule has 0 radical (unpaired) electrons. The first-order chi connectivity index (χ1) is 6.16. The van der Waals surface area contributed by atoms with Gasteiger partial charge in [0.1, 0.15) is 6.54 Å². The predicted octanol–water partition coefficient (Wildman–Crippen LogP) is -1.91. The molecule has 0 bridgehead atoms. The van der Waals surface area contributed by atoms with Crippen molar-refractivity contribution in [2.24, 2.45) is 5.73 Å². The second-order valence-corrected chi connectivity index (χ2v) is 2.33. The third-order valence-electron chi connectivity index (χ3n) is 1.20. The van der Waals surface area contributed by atoms with E-state index in [9.17, 15) is 9.59 Å². The number of carbonyl (C=O) groups excluding carboxylic acids is 2. The Labute approximate surface area is 76.1 Å². The molecule has 0 aliphatic carbocycles. The van der Waals surface area contributed by atoms with Crippen LogP contribution in [0.3, 0.4) is 0 Å². The van der Waals surface area contributed by atoms with Crippen LogP contribution in [-0.4, -0.2) is 31.4 Å². The van der Waals surface area contributed by atoms with Gasteiger partial charge in [-0.1, -0.05) is 0 Å². The van der Waals surface area contributed by atoms with Gasteiger partial charge in [-0.25, -0.2) is 0 Å². The minimum Gasteiger partial charge on any atom is -0.370 e. The highest BCUT2D eigenvalue weighted by Gasteiger charge is 1.99. The number of primary amides is 1. The van der Waals surface area contributed by atoms with Crippen LogP contribution in [0.1, 0.15) is 6.42 Å². The highest BCUT2D eigenvalue weighted by Crippen LogP contribution is 1.72. The molecule has 0 unspecified atom stereocenters. The Morgan fingerprint density at radius 2 is 2.15 bits per heavy atom. The molecule has 0 aromatic heterocycles. The maximum atomic E-state index is 10.8. The first-order valence-corrected chi connectivity index (χ1v) is 3.79. The maximum Gasteiger partial charge on any atom is 0.234 e. The normalized spacial score (nSPS) is 8.85. The zero-order valence-electron chi connectivity index (χ0n) is 7.17. The van der Waals surface area contributed by atoms with E-state index in [-0.39, 0.29) is 25.4 Å². The Morgan fingerprint density at radius 3 is 2.69 bits per heavy atom. The van der Waals surface area contributed by atoms with E-state index in [1.54, 1.807) is 6.07 Å². The number of nitrogens with one attached hydrogen (secondary N) is 2. The fourth-order valence-corrected chi connectivity index (χ4v) is 0.614. The number of nitriles is 1. The number of rotatable bonds is 6. The summed E-state index contributed by atoms with van der Waals surface area (Å²) >= 11 is 0. The van der Waals surface area contributed by atoms with Gasteiger partial charge in [0.05, 0.1) is 12.6 Å². The summed E-state index contributed by atoms with van der Waals surface area (Å²) in [6.45, 7) is 0.459. The Bertz CT molecular complexity index is 221. The summed E-state index contributed by atoms with van der Waals surface area (Å²) in [5.41, 5.74) is 4.87. The van der Waals surface area contributed by atoms with Gasteiger partial charge in [0.25, 0.3) is 0 Å². The van der Waals surface area contributed by atoms with Gasteiger partial charge in [-0.2, -0.15) is 5.26 Å². The van der Waals surface area contributed by atoms with E-state index in [4.69, 9.17) is 11.0 Å². The fourth-order valence-electron chi connectivity index (χ4n) is 0.614. The third kappa shape index (κ3) is 8.29. The molecule has 0 atom stereocenters.